The van der Waals surface area contributed by atoms with Crippen LogP contribution >= 0.6 is 0 Å². The fourth-order valence-electron chi connectivity index (χ4n) is 1.51. The number of fused-ring (bicyclic) bond motifs is 1. The zero-order valence-corrected chi connectivity index (χ0v) is 7.14. The van der Waals surface area contributed by atoms with E-state index in [0.29, 0.717) is 0 Å². The molecule has 0 aliphatic heterocycles. The number of hydrogen-bond acceptors (Lipinski definition) is 2. The molecule has 1 N–H and O–H groups in total. The van der Waals surface area contributed by atoms with Gasteiger partial charge in [-0.25, -0.2) is 0 Å². The zero-order valence-electron chi connectivity index (χ0n) is 7.14. The lowest BCUT2D eigenvalue weighted by Crippen LogP contribution is -1.81. The van der Waals surface area contributed by atoms with E-state index in [4.69, 9.17) is 15.3 Å². The molecule has 1 aliphatic rings. The average Bonchev–Trinajstić information content (AvgIpc) is 2.49. The highest BCUT2D eigenvalue weighted by Gasteiger charge is 2.07. The van der Waals surface area contributed by atoms with E-state index in [1.807, 2.05) is 0 Å². The number of nitrogens with zero attached hydrogens (tertiary/aromatic N) is 1. The first-order valence-corrected chi connectivity index (χ1v) is 4.10. The molecule has 1 aromatic rings. The van der Waals surface area contributed by atoms with Crippen LogP contribution in [0.2, 0.25) is 0 Å². The van der Waals surface area contributed by atoms with Crippen LogP contribution in [0.1, 0.15) is 17.5 Å². The fourth-order valence-corrected chi connectivity index (χ4v) is 1.51. The van der Waals surface area contributed by atoms with Crippen LogP contribution in [-0.4, -0.2) is 10.3 Å². The number of rotatable bonds is 0. The molecule has 4 nitrogen and oxygen atoms in total. The van der Waals surface area contributed by atoms with Gasteiger partial charge in [0.1, 0.15) is 0 Å². The van der Waals surface area contributed by atoms with Crippen molar-refractivity contribution in [2.45, 2.75) is 19.3 Å². The predicted octanol–water partition coefficient (Wildman–Crippen LogP) is 1.83. The summed E-state index contributed by atoms with van der Waals surface area (Å²) in [6.07, 6.45) is 3.96. The summed E-state index contributed by atoms with van der Waals surface area (Å²) in [7, 11) is 0. The maximum absolute atomic E-state index is 8.36. The topological polar surface area (TPSA) is 63.4 Å². The lowest BCUT2D eigenvalue weighted by molar-refractivity contribution is -0.742. The molecule has 0 amide bonds. The van der Waals surface area contributed by atoms with Gasteiger partial charge in [-0.1, -0.05) is 24.3 Å². The van der Waals surface area contributed by atoms with Crippen molar-refractivity contribution in [3.05, 3.63) is 45.5 Å². The van der Waals surface area contributed by atoms with Crippen molar-refractivity contribution >= 4 is 0 Å². The standard InChI is InChI=1S/C9H10.HNO3/c1-2-5-9-7-3-6-8(9)4-1;2-1(3)4/h1-2,4-5H,3,6-7H2;(H,2,3,4). The Hall–Kier alpha value is -1.58. The number of benzene rings is 1. The van der Waals surface area contributed by atoms with Crippen LogP contribution in [0.15, 0.2) is 24.3 Å². The molecule has 0 unspecified atom stereocenters. The van der Waals surface area contributed by atoms with Crippen molar-refractivity contribution in [3.8, 4) is 0 Å². The molecule has 1 aliphatic carbocycles. The maximum atomic E-state index is 8.36. The van der Waals surface area contributed by atoms with Crippen molar-refractivity contribution in [2.75, 3.05) is 0 Å². The minimum atomic E-state index is -1.50. The molecule has 0 saturated heterocycles. The highest BCUT2D eigenvalue weighted by atomic mass is 16.9. The Kier molecular flexibility index (Phi) is 3.25. The van der Waals surface area contributed by atoms with E-state index in [1.54, 1.807) is 11.1 Å². The third-order valence-electron chi connectivity index (χ3n) is 2.01. The lowest BCUT2D eigenvalue weighted by Gasteiger charge is -1.93. The molecule has 0 fully saturated rings. The van der Waals surface area contributed by atoms with E-state index < -0.39 is 5.09 Å². The van der Waals surface area contributed by atoms with E-state index in [-0.39, 0.29) is 0 Å². The van der Waals surface area contributed by atoms with Crippen LogP contribution in [0.4, 0.5) is 0 Å². The highest BCUT2D eigenvalue weighted by Crippen LogP contribution is 2.20. The van der Waals surface area contributed by atoms with Crippen LogP contribution in [0.25, 0.3) is 0 Å². The summed E-state index contributed by atoms with van der Waals surface area (Å²) in [5.74, 6) is 0. The summed E-state index contributed by atoms with van der Waals surface area (Å²) < 4.78 is 0. The van der Waals surface area contributed by atoms with Gasteiger partial charge in [-0.15, -0.1) is 10.1 Å². The minimum Gasteiger partial charge on any atom is -0.328 e. The van der Waals surface area contributed by atoms with Gasteiger partial charge in [-0.05, 0) is 30.4 Å². The van der Waals surface area contributed by atoms with Gasteiger partial charge >= 0.3 is 0 Å². The van der Waals surface area contributed by atoms with E-state index in [0.717, 1.165) is 0 Å². The molecular weight excluding hydrogens is 170 g/mol. The van der Waals surface area contributed by atoms with Gasteiger partial charge in [0, 0.05) is 0 Å². The van der Waals surface area contributed by atoms with E-state index in [1.165, 1.54) is 19.3 Å². The smallest absolute Gasteiger partial charge is 0.291 e. The Balaban J connectivity index is 0.000000184. The predicted molar refractivity (Wildman–Crippen MR) is 47.2 cm³/mol. The third-order valence-corrected chi connectivity index (χ3v) is 2.01. The molecular formula is C9H11NO3. The van der Waals surface area contributed by atoms with Gasteiger partial charge in [-0.2, -0.15) is 0 Å². The van der Waals surface area contributed by atoms with Crippen molar-refractivity contribution < 1.29 is 10.3 Å². The summed E-state index contributed by atoms with van der Waals surface area (Å²) in [6.45, 7) is 0. The summed E-state index contributed by atoms with van der Waals surface area (Å²) in [6, 6.07) is 8.74. The van der Waals surface area contributed by atoms with Gasteiger partial charge in [0.05, 0.1) is 0 Å². The Morgan fingerprint density at radius 2 is 1.62 bits per heavy atom. The third kappa shape index (κ3) is 3.11. The van der Waals surface area contributed by atoms with Crippen molar-refractivity contribution in [3.63, 3.8) is 0 Å². The first-order valence-electron chi connectivity index (χ1n) is 4.10. The minimum absolute atomic E-state index is 1.30. The van der Waals surface area contributed by atoms with E-state index in [9.17, 15) is 0 Å². The van der Waals surface area contributed by atoms with Crippen LogP contribution < -0.4 is 0 Å². The Labute approximate surface area is 75.9 Å². The number of aryl methyl sites for hydroxylation is 2. The van der Waals surface area contributed by atoms with Crippen LogP contribution in [0, 0.1) is 10.1 Å². The average molecular weight is 181 g/mol. The quantitative estimate of drug-likeness (QED) is 0.490. The molecule has 0 spiro atoms. The molecule has 0 heterocycles. The van der Waals surface area contributed by atoms with Crippen LogP contribution in [-0.2, 0) is 12.8 Å². The zero-order chi connectivity index (χ0) is 9.68. The molecule has 0 atom stereocenters. The summed E-state index contributed by atoms with van der Waals surface area (Å²) in [5, 5.41) is 13.6. The first-order chi connectivity index (χ1) is 6.20. The molecule has 0 bridgehead atoms. The summed E-state index contributed by atoms with van der Waals surface area (Å²) in [5.41, 5.74) is 3.13. The largest absolute Gasteiger partial charge is 0.328 e. The van der Waals surface area contributed by atoms with E-state index in [2.05, 4.69) is 24.3 Å². The second-order valence-electron chi connectivity index (χ2n) is 2.86. The van der Waals surface area contributed by atoms with Crippen molar-refractivity contribution in [1.82, 2.24) is 0 Å². The van der Waals surface area contributed by atoms with E-state index >= 15 is 0 Å². The van der Waals surface area contributed by atoms with Crippen LogP contribution in [0.3, 0.4) is 0 Å². The second-order valence-corrected chi connectivity index (χ2v) is 2.86. The maximum Gasteiger partial charge on any atom is 0.291 e. The highest BCUT2D eigenvalue weighted by molar-refractivity contribution is 5.30. The Morgan fingerprint density at radius 1 is 1.23 bits per heavy atom. The number of hydrogen-bond donors (Lipinski definition) is 1. The monoisotopic (exact) mass is 181 g/mol. The molecule has 13 heavy (non-hydrogen) atoms. The SMILES string of the molecule is O=[N+]([O-])O.c1ccc2c(c1)CCC2. The summed E-state index contributed by atoms with van der Waals surface area (Å²) >= 11 is 0. The van der Waals surface area contributed by atoms with Crippen LogP contribution in [0.5, 0.6) is 0 Å². The second kappa shape index (κ2) is 4.45. The van der Waals surface area contributed by atoms with Gasteiger partial charge < -0.3 is 5.21 Å². The normalized spacial score (nSPS) is 12.6. The van der Waals surface area contributed by atoms with Gasteiger partial charge in [-0.3, -0.25) is 0 Å². The fraction of sp³-hybridized carbons (Fsp3) is 0.333. The molecule has 0 aromatic heterocycles. The first kappa shape index (κ1) is 9.51. The lowest BCUT2D eigenvalue weighted by atomic mass is 10.1. The van der Waals surface area contributed by atoms with Gasteiger partial charge in [0.15, 0.2) is 0 Å². The van der Waals surface area contributed by atoms with Gasteiger partial charge in [0.2, 0.25) is 0 Å². The summed E-state index contributed by atoms with van der Waals surface area (Å²) in [4.78, 5) is 8.36. The van der Waals surface area contributed by atoms with Crippen molar-refractivity contribution in [2.24, 2.45) is 0 Å². The van der Waals surface area contributed by atoms with Gasteiger partial charge in [0.25, 0.3) is 5.09 Å². The van der Waals surface area contributed by atoms with Crippen molar-refractivity contribution in [1.29, 1.82) is 0 Å². The molecule has 2 rings (SSSR count). The Bertz CT molecular complexity index is 272. The molecule has 1 aromatic carbocycles. The Morgan fingerprint density at radius 3 is 2.00 bits per heavy atom. The molecule has 0 saturated carbocycles. The molecule has 4 heteroatoms. The molecule has 0 radical (unpaired) electrons. The molecule has 70 valence electrons.